The third-order valence-corrected chi connectivity index (χ3v) is 3.76. The Morgan fingerprint density at radius 3 is 2.50 bits per heavy atom. The predicted molar refractivity (Wildman–Crippen MR) is 74.2 cm³/mol. The van der Waals surface area contributed by atoms with E-state index < -0.39 is 47.7 Å². The standard InChI is InChI=1S/C15H15F4NO4/c1-9(12(21)20-7-6-14(16,8-20)13(22)23)24-11-5-3-2-4-10(11)15(17,18)19/h2-5,9H,6-8H2,1H3,(H,22,23). The summed E-state index contributed by atoms with van der Waals surface area (Å²) in [5.74, 6) is -2.96. The summed E-state index contributed by atoms with van der Waals surface area (Å²) in [6, 6.07) is 4.41. The molecule has 1 aromatic rings. The first-order chi connectivity index (χ1) is 11.0. The van der Waals surface area contributed by atoms with Crippen molar-refractivity contribution in [3.8, 4) is 5.75 Å². The number of rotatable bonds is 4. The van der Waals surface area contributed by atoms with Gasteiger partial charge in [0, 0.05) is 13.0 Å². The largest absolute Gasteiger partial charge is 0.480 e. The van der Waals surface area contributed by atoms with Gasteiger partial charge in [0.15, 0.2) is 6.10 Å². The van der Waals surface area contributed by atoms with Crippen molar-refractivity contribution < 1.29 is 37.0 Å². The molecule has 0 aliphatic carbocycles. The van der Waals surface area contributed by atoms with E-state index in [9.17, 15) is 27.2 Å². The maximum Gasteiger partial charge on any atom is 0.419 e. The monoisotopic (exact) mass is 349 g/mol. The second-order valence-electron chi connectivity index (χ2n) is 5.53. The first kappa shape index (κ1) is 18.0. The molecule has 1 fully saturated rings. The van der Waals surface area contributed by atoms with Crippen molar-refractivity contribution in [1.82, 2.24) is 4.90 Å². The number of para-hydroxylation sites is 1. The highest BCUT2D eigenvalue weighted by Gasteiger charge is 2.47. The van der Waals surface area contributed by atoms with Crippen molar-refractivity contribution in [3.63, 3.8) is 0 Å². The van der Waals surface area contributed by atoms with Gasteiger partial charge < -0.3 is 14.7 Å². The van der Waals surface area contributed by atoms with Gasteiger partial charge in [-0.15, -0.1) is 0 Å². The number of alkyl halides is 4. The maximum atomic E-state index is 14.0. The highest BCUT2D eigenvalue weighted by atomic mass is 19.4. The number of nitrogens with zero attached hydrogens (tertiary/aromatic N) is 1. The van der Waals surface area contributed by atoms with Crippen LogP contribution in [0.1, 0.15) is 18.9 Å². The Kier molecular flexibility index (Phi) is 4.73. The summed E-state index contributed by atoms with van der Waals surface area (Å²) in [5.41, 5.74) is -3.57. The lowest BCUT2D eigenvalue weighted by Gasteiger charge is -2.23. The third kappa shape index (κ3) is 3.60. The molecule has 1 amide bonds. The van der Waals surface area contributed by atoms with Gasteiger partial charge >= 0.3 is 12.1 Å². The molecule has 9 heteroatoms. The summed E-state index contributed by atoms with van der Waals surface area (Å²) in [7, 11) is 0. The van der Waals surface area contributed by atoms with E-state index in [-0.39, 0.29) is 13.0 Å². The fraction of sp³-hybridized carbons (Fsp3) is 0.467. The number of hydrogen-bond acceptors (Lipinski definition) is 3. The van der Waals surface area contributed by atoms with Crippen molar-refractivity contribution in [1.29, 1.82) is 0 Å². The number of ether oxygens (including phenoxy) is 1. The van der Waals surface area contributed by atoms with Gasteiger partial charge in [0.1, 0.15) is 5.75 Å². The van der Waals surface area contributed by atoms with Crippen LogP contribution >= 0.6 is 0 Å². The topological polar surface area (TPSA) is 66.8 Å². The van der Waals surface area contributed by atoms with Crippen molar-refractivity contribution in [2.24, 2.45) is 0 Å². The molecule has 1 heterocycles. The van der Waals surface area contributed by atoms with Crippen molar-refractivity contribution >= 4 is 11.9 Å². The highest BCUT2D eigenvalue weighted by molar-refractivity contribution is 5.84. The van der Waals surface area contributed by atoms with E-state index in [1.54, 1.807) is 0 Å². The number of carbonyl (C=O) groups is 2. The number of carboxylic acid groups (broad SMARTS) is 1. The predicted octanol–water partition coefficient (Wildman–Crippen LogP) is 2.50. The first-order valence-electron chi connectivity index (χ1n) is 7.08. The normalized spacial score (nSPS) is 22.3. The van der Waals surface area contributed by atoms with Crippen molar-refractivity contribution in [2.75, 3.05) is 13.1 Å². The second-order valence-corrected chi connectivity index (χ2v) is 5.53. The zero-order chi connectivity index (χ0) is 18.1. The molecule has 2 atom stereocenters. The molecule has 2 unspecified atom stereocenters. The molecule has 2 rings (SSSR count). The van der Waals surface area contributed by atoms with Gasteiger partial charge in [-0.25, -0.2) is 9.18 Å². The van der Waals surface area contributed by atoms with Crippen LogP contribution in [0.4, 0.5) is 17.6 Å². The van der Waals surface area contributed by atoms with Gasteiger partial charge in [-0.2, -0.15) is 13.2 Å². The van der Waals surface area contributed by atoms with Crippen LogP contribution in [-0.2, 0) is 15.8 Å². The average molecular weight is 349 g/mol. The lowest BCUT2D eigenvalue weighted by Crippen LogP contribution is -2.43. The number of likely N-dealkylation sites (tertiary alicyclic amines) is 1. The van der Waals surface area contributed by atoms with Gasteiger partial charge in [0.05, 0.1) is 12.1 Å². The minimum Gasteiger partial charge on any atom is -0.480 e. The number of carbonyl (C=O) groups excluding carboxylic acids is 1. The highest BCUT2D eigenvalue weighted by Crippen LogP contribution is 2.36. The Balaban J connectivity index is 2.10. The Hall–Kier alpha value is -2.32. The lowest BCUT2D eigenvalue weighted by atomic mass is 10.1. The van der Waals surface area contributed by atoms with Crippen LogP contribution in [0.5, 0.6) is 5.75 Å². The molecule has 5 nitrogen and oxygen atoms in total. The van der Waals surface area contributed by atoms with E-state index in [4.69, 9.17) is 9.84 Å². The fourth-order valence-electron chi connectivity index (χ4n) is 2.44. The van der Waals surface area contributed by atoms with Crippen molar-refractivity contribution in [3.05, 3.63) is 29.8 Å². The number of halogens is 4. The van der Waals surface area contributed by atoms with E-state index in [2.05, 4.69) is 0 Å². The van der Waals surface area contributed by atoms with Crippen LogP contribution < -0.4 is 4.74 Å². The number of benzene rings is 1. The molecule has 1 aromatic carbocycles. The minimum absolute atomic E-state index is 0.143. The summed E-state index contributed by atoms with van der Waals surface area (Å²) in [5, 5.41) is 8.80. The SMILES string of the molecule is CC(Oc1ccccc1C(F)(F)F)C(=O)N1CCC(F)(C(=O)O)C1. The van der Waals surface area contributed by atoms with Gasteiger partial charge in [0.2, 0.25) is 5.67 Å². The van der Waals surface area contributed by atoms with E-state index in [0.29, 0.717) is 0 Å². The summed E-state index contributed by atoms with van der Waals surface area (Å²) in [6.07, 6.45) is -6.34. The second kappa shape index (κ2) is 6.29. The fourth-order valence-corrected chi connectivity index (χ4v) is 2.44. The van der Waals surface area contributed by atoms with Gasteiger partial charge in [-0.1, -0.05) is 12.1 Å². The Bertz CT molecular complexity index is 649. The van der Waals surface area contributed by atoms with Gasteiger partial charge in [-0.3, -0.25) is 4.79 Å². The van der Waals surface area contributed by atoms with Crippen LogP contribution in [-0.4, -0.2) is 46.7 Å². The number of carboxylic acids is 1. The lowest BCUT2D eigenvalue weighted by molar-refractivity contribution is -0.151. The van der Waals surface area contributed by atoms with Crippen LogP contribution in [0.3, 0.4) is 0 Å². The molecular formula is C15H15F4NO4. The smallest absolute Gasteiger partial charge is 0.419 e. The molecule has 1 saturated heterocycles. The maximum absolute atomic E-state index is 14.0. The molecular weight excluding hydrogens is 334 g/mol. The van der Waals surface area contributed by atoms with E-state index >= 15 is 0 Å². The van der Waals surface area contributed by atoms with E-state index in [1.807, 2.05) is 0 Å². The number of aliphatic carboxylic acids is 1. The molecule has 0 bridgehead atoms. The molecule has 0 spiro atoms. The summed E-state index contributed by atoms with van der Waals surface area (Å²) in [4.78, 5) is 24.0. The molecule has 0 saturated carbocycles. The van der Waals surface area contributed by atoms with Gasteiger partial charge in [0.25, 0.3) is 5.91 Å². The Labute approximate surface area is 134 Å². The molecule has 132 valence electrons. The zero-order valence-electron chi connectivity index (χ0n) is 12.6. The summed E-state index contributed by atoms with van der Waals surface area (Å²) < 4.78 is 57.8. The minimum atomic E-state index is -4.65. The molecule has 1 aliphatic heterocycles. The van der Waals surface area contributed by atoms with E-state index in [0.717, 1.165) is 17.0 Å². The Morgan fingerprint density at radius 1 is 1.33 bits per heavy atom. The Morgan fingerprint density at radius 2 is 1.96 bits per heavy atom. The van der Waals surface area contributed by atoms with Crippen molar-refractivity contribution in [2.45, 2.75) is 31.3 Å². The molecule has 1 N–H and O–H groups in total. The molecule has 0 aromatic heterocycles. The van der Waals surface area contributed by atoms with Crippen LogP contribution in [0.15, 0.2) is 24.3 Å². The number of amides is 1. The van der Waals surface area contributed by atoms with E-state index in [1.165, 1.54) is 19.1 Å². The van der Waals surface area contributed by atoms with Crippen LogP contribution in [0.2, 0.25) is 0 Å². The summed E-state index contributed by atoms with van der Waals surface area (Å²) in [6.45, 7) is 0.431. The first-order valence-corrected chi connectivity index (χ1v) is 7.08. The summed E-state index contributed by atoms with van der Waals surface area (Å²) >= 11 is 0. The zero-order valence-corrected chi connectivity index (χ0v) is 12.6. The quantitative estimate of drug-likeness (QED) is 0.848. The molecule has 1 aliphatic rings. The van der Waals surface area contributed by atoms with Gasteiger partial charge in [-0.05, 0) is 19.1 Å². The van der Waals surface area contributed by atoms with Crippen LogP contribution in [0, 0.1) is 0 Å². The molecule has 0 radical (unpaired) electrons. The van der Waals surface area contributed by atoms with Crippen LogP contribution in [0.25, 0.3) is 0 Å². The number of hydrogen-bond donors (Lipinski definition) is 1. The third-order valence-electron chi connectivity index (χ3n) is 3.76. The molecule has 24 heavy (non-hydrogen) atoms. The average Bonchev–Trinajstić information content (AvgIpc) is 2.90.